The summed E-state index contributed by atoms with van der Waals surface area (Å²) >= 11 is 22.5. The van der Waals surface area contributed by atoms with Gasteiger partial charge in [0.25, 0.3) is 0 Å². The lowest BCUT2D eigenvalue weighted by Crippen LogP contribution is -1.99. The van der Waals surface area contributed by atoms with Crippen molar-refractivity contribution in [3.8, 4) is 11.8 Å². The number of nitrogens with zero attached hydrogens (tertiary/aromatic N) is 1. The summed E-state index contributed by atoms with van der Waals surface area (Å²) in [7, 11) is 0. The molecule has 0 amide bonds. The first kappa shape index (κ1) is 22.7. The highest BCUT2D eigenvalue weighted by Crippen LogP contribution is 2.32. The van der Waals surface area contributed by atoms with Crippen LogP contribution in [0.15, 0.2) is 54.6 Å². The third-order valence-electron chi connectivity index (χ3n) is 3.98. The normalized spacial score (nSPS) is 11.2. The number of hydrogen-bond donors (Lipinski definition) is 0. The Bertz CT molecular complexity index is 1100. The zero-order valence-electron chi connectivity index (χ0n) is 14.7. The van der Waals surface area contributed by atoms with E-state index in [4.69, 9.17) is 39.5 Å². The van der Waals surface area contributed by atoms with Crippen LogP contribution in [0.2, 0.25) is 15.1 Å². The second-order valence-corrected chi connectivity index (χ2v) is 9.60. The molecular formula is C22H12Cl3I2NO. The van der Waals surface area contributed by atoms with Gasteiger partial charge in [0.2, 0.25) is 0 Å². The summed E-state index contributed by atoms with van der Waals surface area (Å²) in [6, 6.07) is 18.9. The lowest BCUT2D eigenvalue weighted by Gasteiger charge is -2.12. The summed E-state index contributed by atoms with van der Waals surface area (Å²) in [6.45, 7) is 0.449. The van der Waals surface area contributed by atoms with Gasteiger partial charge in [0.05, 0.1) is 28.8 Å². The standard InChI is InChI=1S/C22H12Cl3I2NO/c23-17-4-1-13(2-5-17)12-29-22-20(26)8-14(9-21(22)27)7-16(11-28)15-3-6-18(24)19(25)10-15/h1-10H,12H2/b16-7-. The van der Waals surface area contributed by atoms with Gasteiger partial charge in [-0.05, 0) is 104 Å². The Kier molecular flexibility index (Phi) is 8.11. The summed E-state index contributed by atoms with van der Waals surface area (Å²) in [5.74, 6) is 0.811. The molecule has 0 aliphatic heterocycles. The predicted octanol–water partition coefficient (Wildman–Crippen LogP) is 8.50. The van der Waals surface area contributed by atoms with E-state index in [0.717, 1.165) is 29.6 Å². The van der Waals surface area contributed by atoms with Gasteiger partial charge in [-0.1, -0.05) is 53.0 Å². The first-order chi connectivity index (χ1) is 13.9. The van der Waals surface area contributed by atoms with Crippen LogP contribution < -0.4 is 4.74 Å². The average molecular weight is 667 g/mol. The minimum absolute atomic E-state index is 0.417. The molecule has 0 heterocycles. The van der Waals surface area contributed by atoms with Crippen LogP contribution in [0, 0.1) is 18.5 Å². The van der Waals surface area contributed by atoms with Gasteiger partial charge in [-0.3, -0.25) is 0 Å². The minimum Gasteiger partial charge on any atom is -0.487 e. The summed E-state index contributed by atoms with van der Waals surface area (Å²) in [5, 5.41) is 11.2. The van der Waals surface area contributed by atoms with Gasteiger partial charge in [-0.2, -0.15) is 5.26 Å². The van der Waals surface area contributed by atoms with E-state index >= 15 is 0 Å². The van der Waals surface area contributed by atoms with E-state index in [2.05, 4.69) is 51.3 Å². The molecule has 0 aliphatic rings. The molecule has 0 N–H and O–H groups in total. The van der Waals surface area contributed by atoms with Gasteiger partial charge >= 0.3 is 0 Å². The Morgan fingerprint density at radius 1 is 0.931 bits per heavy atom. The van der Waals surface area contributed by atoms with Crippen molar-refractivity contribution < 1.29 is 4.74 Å². The van der Waals surface area contributed by atoms with Crippen molar-refractivity contribution in [2.24, 2.45) is 0 Å². The van der Waals surface area contributed by atoms with Crippen LogP contribution >= 0.6 is 80.0 Å². The van der Waals surface area contributed by atoms with Crippen molar-refractivity contribution in [1.29, 1.82) is 5.26 Å². The molecule has 0 saturated carbocycles. The molecule has 2 nitrogen and oxygen atoms in total. The molecule has 0 bridgehead atoms. The number of hydrogen-bond acceptors (Lipinski definition) is 2. The Hall–Kier alpha value is -0.980. The van der Waals surface area contributed by atoms with Gasteiger partial charge in [0.1, 0.15) is 12.4 Å². The second-order valence-electron chi connectivity index (χ2n) is 6.03. The second kappa shape index (κ2) is 10.4. The Morgan fingerprint density at radius 3 is 2.17 bits per heavy atom. The van der Waals surface area contributed by atoms with Crippen molar-refractivity contribution in [2.45, 2.75) is 6.61 Å². The van der Waals surface area contributed by atoms with Crippen molar-refractivity contribution in [1.82, 2.24) is 0 Å². The van der Waals surface area contributed by atoms with E-state index < -0.39 is 0 Å². The number of nitriles is 1. The van der Waals surface area contributed by atoms with Crippen LogP contribution in [-0.4, -0.2) is 0 Å². The molecule has 0 unspecified atom stereocenters. The molecule has 7 heteroatoms. The van der Waals surface area contributed by atoms with Gasteiger partial charge in [0.15, 0.2) is 0 Å². The molecule has 3 aromatic rings. The van der Waals surface area contributed by atoms with E-state index in [1.165, 1.54) is 0 Å². The quantitative estimate of drug-likeness (QED) is 0.156. The first-order valence-corrected chi connectivity index (χ1v) is 11.6. The first-order valence-electron chi connectivity index (χ1n) is 8.31. The molecule has 3 aromatic carbocycles. The van der Waals surface area contributed by atoms with Gasteiger partial charge in [0, 0.05) is 5.02 Å². The summed E-state index contributed by atoms with van der Waals surface area (Å²) in [5.41, 5.74) is 3.16. The summed E-state index contributed by atoms with van der Waals surface area (Å²) < 4.78 is 7.94. The Morgan fingerprint density at radius 2 is 1.59 bits per heavy atom. The molecule has 3 rings (SSSR count). The fourth-order valence-corrected chi connectivity index (χ4v) is 5.10. The van der Waals surface area contributed by atoms with E-state index in [9.17, 15) is 5.26 Å². The summed E-state index contributed by atoms with van der Waals surface area (Å²) in [6.07, 6.45) is 1.83. The Labute approximate surface area is 211 Å². The number of rotatable bonds is 5. The zero-order chi connectivity index (χ0) is 21.0. The number of ether oxygens (including phenoxy) is 1. The van der Waals surface area contributed by atoms with Crippen LogP contribution in [-0.2, 0) is 6.61 Å². The number of halogens is 5. The maximum absolute atomic E-state index is 9.59. The van der Waals surface area contributed by atoms with Crippen LogP contribution in [0.25, 0.3) is 11.6 Å². The topological polar surface area (TPSA) is 33.0 Å². The van der Waals surface area contributed by atoms with E-state index in [-0.39, 0.29) is 0 Å². The van der Waals surface area contributed by atoms with Gasteiger partial charge < -0.3 is 4.74 Å². The lowest BCUT2D eigenvalue weighted by molar-refractivity contribution is 0.302. The van der Waals surface area contributed by atoms with Crippen molar-refractivity contribution >= 4 is 91.6 Å². The highest BCUT2D eigenvalue weighted by molar-refractivity contribution is 14.1. The Balaban J connectivity index is 1.85. The van der Waals surface area contributed by atoms with Crippen molar-refractivity contribution in [2.75, 3.05) is 0 Å². The number of benzene rings is 3. The number of allylic oxidation sites excluding steroid dienone is 1. The maximum atomic E-state index is 9.59. The molecule has 0 spiro atoms. The monoisotopic (exact) mass is 665 g/mol. The molecular weight excluding hydrogens is 654 g/mol. The fourth-order valence-electron chi connectivity index (χ4n) is 2.55. The summed E-state index contributed by atoms with van der Waals surface area (Å²) in [4.78, 5) is 0. The molecule has 0 atom stereocenters. The average Bonchev–Trinajstić information content (AvgIpc) is 2.69. The highest BCUT2D eigenvalue weighted by atomic mass is 127. The smallest absolute Gasteiger partial charge is 0.146 e. The van der Waals surface area contributed by atoms with Crippen molar-refractivity contribution in [3.63, 3.8) is 0 Å². The molecule has 0 radical (unpaired) electrons. The van der Waals surface area contributed by atoms with Gasteiger partial charge in [-0.15, -0.1) is 0 Å². The minimum atomic E-state index is 0.417. The van der Waals surface area contributed by atoms with E-state index in [1.807, 2.05) is 42.5 Å². The van der Waals surface area contributed by atoms with Crippen LogP contribution in [0.4, 0.5) is 0 Å². The highest BCUT2D eigenvalue weighted by Gasteiger charge is 2.11. The lowest BCUT2D eigenvalue weighted by atomic mass is 10.0. The van der Waals surface area contributed by atoms with Crippen LogP contribution in [0.1, 0.15) is 16.7 Å². The maximum Gasteiger partial charge on any atom is 0.146 e. The van der Waals surface area contributed by atoms with Crippen molar-refractivity contribution in [3.05, 3.63) is 93.5 Å². The largest absolute Gasteiger partial charge is 0.487 e. The molecule has 29 heavy (non-hydrogen) atoms. The molecule has 0 aliphatic carbocycles. The van der Waals surface area contributed by atoms with Gasteiger partial charge in [-0.25, -0.2) is 0 Å². The predicted molar refractivity (Wildman–Crippen MR) is 138 cm³/mol. The van der Waals surface area contributed by atoms with Crippen LogP contribution in [0.5, 0.6) is 5.75 Å². The fraction of sp³-hybridized carbons (Fsp3) is 0.0455. The molecule has 0 aromatic heterocycles. The van der Waals surface area contributed by atoms with Crippen LogP contribution in [0.3, 0.4) is 0 Å². The molecule has 0 fully saturated rings. The zero-order valence-corrected chi connectivity index (χ0v) is 21.3. The van der Waals surface area contributed by atoms with E-state index in [1.54, 1.807) is 18.2 Å². The van der Waals surface area contributed by atoms with E-state index in [0.29, 0.717) is 27.2 Å². The molecule has 146 valence electrons. The third kappa shape index (κ3) is 6.02. The third-order valence-corrected chi connectivity index (χ3v) is 6.57. The SMILES string of the molecule is N#C/C(=C/c1cc(I)c(OCc2ccc(Cl)cc2)c(I)c1)c1ccc(Cl)c(Cl)c1. The molecule has 0 saturated heterocycles.